The third kappa shape index (κ3) is 5.63. The van der Waals surface area contributed by atoms with Gasteiger partial charge in [0.2, 0.25) is 0 Å². The van der Waals surface area contributed by atoms with Crippen LogP contribution in [0.4, 0.5) is 0 Å². The van der Waals surface area contributed by atoms with E-state index in [1.807, 2.05) is 20.8 Å². The Morgan fingerprint density at radius 1 is 1.40 bits per heavy atom. The van der Waals surface area contributed by atoms with Crippen LogP contribution in [0.25, 0.3) is 0 Å². The van der Waals surface area contributed by atoms with Gasteiger partial charge in [-0.05, 0) is 58.4 Å². The van der Waals surface area contributed by atoms with Gasteiger partial charge in [-0.2, -0.15) is 0 Å². The maximum atomic E-state index is 11.6. The Balaban J connectivity index is 2.18. The second kappa shape index (κ2) is 7.79. The van der Waals surface area contributed by atoms with Crippen LogP contribution >= 0.6 is 0 Å². The van der Waals surface area contributed by atoms with Crippen LogP contribution < -0.4 is 0 Å². The van der Waals surface area contributed by atoms with E-state index in [1.54, 1.807) is 0 Å². The third-order valence-electron chi connectivity index (χ3n) is 3.44. The second-order valence-electron chi connectivity index (χ2n) is 6.50. The van der Waals surface area contributed by atoms with Crippen molar-refractivity contribution in [1.29, 1.82) is 0 Å². The SMILES string of the molecule is C=C1C[C@H](CCCOC(=O)C(C)(C)C)O[C@H]1CCCO. The van der Waals surface area contributed by atoms with Crippen LogP contribution in [0.5, 0.6) is 0 Å². The summed E-state index contributed by atoms with van der Waals surface area (Å²) in [5.74, 6) is -0.157. The summed E-state index contributed by atoms with van der Waals surface area (Å²) in [5.41, 5.74) is 0.684. The fraction of sp³-hybridized carbons (Fsp3) is 0.812. The molecular formula is C16H28O4. The van der Waals surface area contributed by atoms with Gasteiger partial charge < -0.3 is 14.6 Å². The van der Waals surface area contributed by atoms with E-state index in [-0.39, 0.29) is 24.8 Å². The summed E-state index contributed by atoms with van der Waals surface area (Å²) in [5, 5.41) is 8.84. The number of carbonyl (C=O) groups excluding carboxylic acids is 1. The molecule has 0 aromatic rings. The summed E-state index contributed by atoms with van der Waals surface area (Å²) < 4.78 is 11.1. The Morgan fingerprint density at radius 2 is 2.10 bits per heavy atom. The fourth-order valence-corrected chi connectivity index (χ4v) is 2.21. The molecule has 4 heteroatoms. The highest BCUT2D eigenvalue weighted by Gasteiger charge is 2.28. The molecule has 1 aliphatic heterocycles. The number of hydrogen-bond donors (Lipinski definition) is 1. The quantitative estimate of drug-likeness (QED) is 0.444. The first-order valence-electron chi connectivity index (χ1n) is 7.46. The predicted octanol–water partition coefficient (Wildman–Crippen LogP) is 2.84. The van der Waals surface area contributed by atoms with Gasteiger partial charge in [-0.1, -0.05) is 6.58 Å². The van der Waals surface area contributed by atoms with Gasteiger partial charge in [0, 0.05) is 6.61 Å². The lowest BCUT2D eigenvalue weighted by molar-refractivity contribution is -0.153. The number of aliphatic hydroxyl groups excluding tert-OH is 1. The molecule has 0 saturated carbocycles. The first-order valence-corrected chi connectivity index (χ1v) is 7.46. The number of ether oxygens (including phenoxy) is 2. The smallest absolute Gasteiger partial charge is 0.311 e. The van der Waals surface area contributed by atoms with E-state index in [1.165, 1.54) is 0 Å². The van der Waals surface area contributed by atoms with Crippen molar-refractivity contribution in [2.45, 2.75) is 65.1 Å². The maximum Gasteiger partial charge on any atom is 0.311 e. The molecule has 1 aliphatic rings. The lowest BCUT2D eigenvalue weighted by atomic mass is 9.97. The standard InChI is InChI=1S/C16H28O4/c1-12-11-13(20-14(12)8-5-9-17)7-6-10-19-15(18)16(2,3)4/h13-14,17H,1,5-11H2,2-4H3/t13-,14-/m0/s1. The summed E-state index contributed by atoms with van der Waals surface area (Å²) in [7, 11) is 0. The third-order valence-corrected chi connectivity index (χ3v) is 3.44. The fourth-order valence-electron chi connectivity index (χ4n) is 2.21. The molecule has 0 spiro atoms. The summed E-state index contributed by atoms with van der Waals surface area (Å²) in [4.78, 5) is 11.6. The van der Waals surface area contributed by atoms with Crippen LogP contribution in [0.3, 0.4) is 0 Å². The van der Waals surface area contributed by atoms with E-state index in [2.05, 4.69) is 6.58 Å². The van der Waals surface area contributed by atoms with Crippen LogP contribution in [-0.2, 0) is 14.3 Å². The van der Waals surface area contributed by atoms with E-state index >= 15 is 0 Å². The molecule has 0 unspecified atom stereocenters. The summed E-state index contributed by atoms with van der Waals surface area (Å²) in [6.07, 6.45) is 4.43. The summed E-state index contributed by atoms with van der Waals surface area (Å²) >= 11 is 0. The van der Waals surface area contributed by atoms with Crippen molar-refractivity contribution >= 4 is 5.97 Å². The average molecular weight is 284 g/mol. The van der Waals surface area contributed by atoms with E-state index < -0.39 is 5.41 Å². The van der Waals surface area contributed by atoms with Gasteiger partial charge in [-0.3, -0.25) is 4.79 Å². The first-order chi connectivity index (χ1) is 9.34. The molecule has 116 valence electrons. The zero-order valence-corrected chi connectivity index (χ0v) is 13.0. The van der Waals surface area contributed by atoms with Crippen molar-refractivity contribution < 1.29 is 19.4 Å². The van der Waals surface area contributed by atoms with E-state index in [9.17, 15) is 4.79 Å². The first kappa shape index (κ1) is 17.2. The van der Waals surface area contributed by atoms with Gasteiger partial charge in [-0.25, -0.2) is 0 Å². The normalized spacial score (nSPS) is 23.1. The number of hydrogen-bond acceptors (Lipinski definition) is 4. The minimum atomic E-state index is -0.437. The van der Waals surface area contributed by atoms with Crippen molar-refractivity contribution in [1.82, 2.24) is 0 Å². The zero-order valence-electron chi connectivity index (χ0n) is 13.0. The lowest BCUT2D eigenvalue weighted by Gasteiger charge is -2.17. The molecule has 4 nitrogen and oxygen atoms in total. The Hall–Kier alpha value is -0.870. The van der Waals surface area contributed by atoms with Crippen molar-refractivity contribution in [2.24, 2.45) is 5.41 Å². The van der Waals surface area contributed by atoms with E-state index in [0.717, 1.165) is 37.7 Å². The Kier molecular flexibility index (Phi) is 6.69. The van der Waals surface area contributed by atoms with Crippen LogP contribution in [-0.4, -0.2) is 36.5 Å². The Labute approximate surface area is 122 Å². The van der Waals surface area contributed by atoms with Gasteiger partial charge in [0.1, 0.15) is 0 Å². The molecule has 0 radical (unpaired) electrons. The number of rotatable bonds is 7. The molecule has 1 fully saturated rings. The van der Waals surface area contributed by atoms with Crippen molar-refractivity contribution in [3.05, 3.63) is 12.2 Å². The van der Waals surface area contributed by atoms with E-state index in [0.29, 0.717) is 6.61 Å². The van der Waals surface area contributed by atoms with Crippen LogP contribution in [0, 0.1) is 5.41 Å². The summed E-state index contributed by atoms with van der Waals surface area (Å²) in [6.45, 7) is 10.2. The van der Waals surface area contributed by atoms with Gasteiger partial charge in [0.25, 0.3) is 0 Å². The minimum Gasteiger partial charge on any atom is -0.465 e. The van der Waals surface area contributed by atoms with Crippen LogP contribution in [0.2, 0.25) is 0 Å². The number of aliphatic hydroxyl groups is 1. The Morgan fingerprint density at radius 3 is 2.70 bits per heavy atom. The molecule has 1 rings (SSSR count). The van der Waals surface area contributed by atoms with Crippen molar-refractivity contribution in [3.63, 3.8) is 0 Å². The minimum absolute atomic E-state index is 0.0873. The van der Waals surface area contributed by atoms with Gasteiger partial charge >= 0.3 is 5.97 Å². The molecule has 0 aromatic heterocycles. The van der Waals surface area contributed by atoms with Crippen LogP contribution in [0.1, 0.15) is 52.9 Å². The monoisotopic (exact) mass is 284 g/mol. The molecule has 0 aromatic carbocycles. The molecule has 2 atom stereocenters. The highest BCUT2D eigenvalue weighted by molar-refractivity contribution is 5.75. The molecule has 0 bridgehead atoms. The Bertz CT molecular complexity index is 330. The molecule has 0 aliphatic carbocycles. The van der Waals surface area contributed by atoms with Crippen molar-refractivity contribution in [3.8, 4) is 0 Å². The van der Waals surface area contributed by atoms with E-state index in [4.69, 9.17) is 14.6 Å². The largest absolute Gasteiger partial charge is 0.465 e. The van der Waals surface area contributed by atoms with Gasteiger partial charge in [0.05, 0.1) is 24.2 Å². The topological polar surface area (TPSA) is 55.8 Å². The van der Waals surface area contributed by atoms with Gasteiger partial charge in [-0.15, -0.1) is 0 Å². The van der Waals surface area contributed by atoms with Gasteiger partial charge in [0.15, 0.2) is 0 Å². The molecule has 1 heterocycles. The van der Waals surface area contributed by atoms with Crippen molar-refractivity contribution in [2.75, 3.05) is 13.2 Å². The molecule has 1 saturated heterocycles. The lowest BCUT2D eigenvalue weighted by Crippen LogP contribution is -2.23. The molecule has 20 heavy (non-hydrogen) atoms. The molecular weight excluding hydrogens is 256 g/mol. The number of esters is 1. The second-order valence-corrected chi connectivity index (χ2v) is 6.50. The number of carbonyl (C=O) groups is 1. The molecule has 0 amide bonds. The average Bonchev–Trinajstić information content (AvgIpc) is 2.71. The summed E-state index contributed by atoms with van der Waals surface area (Å²) in [6, 6.07) is 0. The van der Waals surface area contributed by atoms with Crippen LogP contribution in [0.15, 0.2) is 12.2 Å². The predicted molar refractivity (Wildman–Crippen MR) is 78.4 cm³/mol. The maximum absolute atomic E-state index is 11.6. The highest BCUT2D eigenvalue weighted by Crippen LogP contribution is 2.29. The zero-order chi connectivity index (χ0) is 15.2. The highest BCUT2D eigenvalue weighted by atomic mass is 16.5. The molecule has 1 N–H and O–H groups in total.